The van der Waals surface area contributed by atoms with Crippen molar-refractivity contribution in [1.29, 1.82) is 0 Å². The number of hydrogen-bond acceptors (Lipinski definition) is 5. The number of primary amides is 1. The maximum absolute atomic E-state index is 11.6. The molecular weight excluding hydrogens is 274 g/mol. The van der Waals surface area contributed by atoms with Crippen LogP contribution in [-0.4, -0.2) is 23.0 Å². The summed E-state index contributed by atoms with van der Waals surface area (Å²) in [5, 5.41) is 11.1. The summed E-state index contributed by atoms with van der Waals surface area (Å²) in [7, 11) is 0. The summed E-state index contributed by atoms with van der Waals surface area (Å²) in [6.07, 6.45) is 1.63. The van der Waals surface area contributed by atoms with Gasteiger partial charge in [0.1, 0.15) is 12.1 Å². The predicted molar refractivity (Wildman–Crippen MR) is 76.9 cm³/mol. The lowest BCUT2D eigenvalue weighted by molar-refractivity contribution is -0.386. The number of nitro groups is 1. The number of ether oxygens (including phenoxy) is 1. The first kappa shape index (κ1) is 15.2. The third-order valence-electron chi connectivity index (χ3n) is 3.82. The molecule has 0 aromatic heterocycles. The van der Waals surface area contributed by atoms with E-state index in [0.717, 1.165) is 18.4 Å². The van der Waals surface area contributed by atoms with Gasteiger partial charge < -0.3 is 16.2 Å². The van der Waals surface area contributed by atoms with Crippen LogP contribution in [0.3, 0.4) is 0 Å². The molecule has 1 fully saturated rings. The van der Waals surface area contributed by atoms with E-state index >= 15 is 0 Å². The molecule has 7 nitrogen and oxygen atoms in total. The van der Waals surface area contributed by atoms with Crippen LogP contribution >= 0.6 is 0 Å². The maximum Gasteiger partial charge on any atom is 0.311 e. The van der Waals surface area contributed by atoms with Gasteiger partial charge in [0.15, 0.2) is 5.75 Å². The van der Waals surface area contributed by atoms with Crippen LogP contribution in [-0.2, 0) is 4.79 Å². The standard InChI is InChI=1S/C14H19N3O4/c1-8-5-9(2)12(11(6-8)17(19)20)21-7-14(16,13(15)18)10-3-4-10/h5-6,10H,3-4,7,16H2,1-2H3,(H2,15,18). The van der Waals surface area contributed by atoms with Gasteiger partial charge in [-0.15, -0.1) is 0 Å². The van der Waals surface area contributed by atoms with E-state index in [1.807, 2.05) is 0 Å². The van der Waals surface area contributed by atoms with Gasteiger partial charge in [0.05, 0.1) is 4.92 Å². The third-order valence-corrected chi connectivity index (χ3v) is 3.82. The molecule has 1 aliphatic rings. The van der Waals surface area contributed by atoms with Crippen molar-refractivity contribution in [3.05, 3.63) is 33.4 Å². The minimum atomic E-state index is -1.27. The molecule has 21 heavy (non-hydrogen) atoms. The van der Waals surface area contributed by atoms with Gasteiger partial charge in [0.2, 0.25) is 5.91 Å². The molecular formula is C14H19N3O4. The fourth-order valence-electron chi connectivity index (χ4n) is 2.44. The van der Waals surface area contributed by atoms with E-state index in [4.69, 9.17) is 16.2 Å². The number of hydrogen-bond donors (Lipinski definition) is 2. The molecule has 2 rings (SSSR count). The molecule has 4 N–H and O–H groups in total. The molecule has 0 heterocycles. The van der Waals surface area contributed by atoms with E-state index in [-0.39, 0.29) is 24.0 Å². The average Bonchev–Trinajstić information content (AvgIpc) is 3.20. The molecule has 1 aromatic rings. The molecule has 0 aliphatic heterocycles. The Labute approximate surface area is 122 Å². The highest BCUT2D eigenvalue weighted by Crippen LogP contribution is 2.39. The van der Waals surface area contributed by atoms with Crippen molar-refractivity contribution in [3.8, 4) is 5.75 Å². The van der Waals surface area contributed by atoms with E-state index in [1.165, 1.54) is 6.07 Å². The molecule has 1 saturated carbocycles. The highest BCUT2D eigenvalue weighted by Gasteiger charge is 2.48. The minimum Gasteiger partial charge on any atom is -0.484 e. The summed E-state index contributed by atoms with van der Waals surface area (Å²) in [6.45, 7) is 3.33. The molecule has 0 radical (unpaired) electrons. The Bertz CT molecular complexity index is 598. The number of carbonyl (C=O) groups excluding carboxylic acids is 1. The fourth-order valence-corrected chi connectivity index (χ4v) is 2.44. The summed E-state index contributed by atoms with van der Waals surface area (Å²) in [6, 6.07) is 3.21. The Kier molecular flexibility index (Phi) is 3.87. The number of nitro benzene ring substituents is 1. The van der Waals surface area contributed by atoms with Crippen molar-refractivity contribution in [2.45, 2.75) is 32.2 Å². The zero-order valence-corrected chi connectivity index (χ0v) is 12.1. The zero-order valence-electron chi connectivity index (χ0n) is 12.1. The van der Waals surface area contributed by atoms with Gasteiger partial charge in [-0.05, 0) is 43.7 Å². The number of carbonyl (C=O) groups is 1. The number of nitrogens with zero attached hydrogens (tertiary/aromatic N) is 1. The largest absolute Gasteiger partial charge is 0.484 e. The van der Waals surface area contributed by atoms with Gasteiger partial charge in [-0.1, -0.05) is 6.07 Å². The van der Waals surface area contributed by atoms with Gasteiger partial charge in [0, 0.05) is 6.07 Å². The molecule has 114 valence electrons. The molecule has 7 heteroatoms. The SMILES string of the molecule is Cc1cc(C)c(OCC(N)(C(N)=O)C2CC2)c([N+](=O)[O-])c1. The molecule has 1 aliphatic carbocycles. The molecule has 1 unspecified atom stereocenters. The summed E-state index contributed by atoms with van der Waals surface area (Å²) in [5.74, 6) is -0.514. The highest BCUT2D eigenvalue weighted by molar-refractivity contribution is 5.85. The second kappa shape index (κ2) is 5.33. The summed E-state index contributed by atoms with van der Waals surface area (Å²) < 4.78 is 5.54. The van der Waals surface area contributed by atoms with Crippen molar-refractivity contribution in [1.82, 2.24) is 0 Å². The van der Waals surface area contributed by atoms with E-state index in [9.17, 15) is 14.9 Å². The van der Waals surface area contributed by atoms with Crippen LogP contribution in [0.25, 0.3) is 0 Å². The maximum atomic E-state index is 11.6. The van der Waals surface area contributed by atoms with Crippen LogP contribution in [0.1, 0.15) is 24.0 Å². The third kappa shape index (κ3) is 2.97. The van der Waals surface area contributed by atoms with Gasteiger partial charge in [-0.2, -0.15) is 0 Å². The number of amides is 1. The highest BCUT2D eigenvalue weighted by atomic mass is 16.6. The second-order valence-corrected chi connectivity index (χ2v) is 5.65. The molecule has 1 aromatic carbocycles. The van der Waals surface area contributed by atoms with Crippen LogP contribution in [0.5, 0.6) is 5.75 Å². The predicted octanol–water partition coefficient (Wildman–Crippen LogP) is 1.18. The molecule has 1 amide bonds. The van der Waals surface area contributed by atoms with Crippen LogP contribution in [0, 0.1) is 29.9 Å². The quantitative estimate of drug-likeness (QED) is 0.602. The number of rotatable bonds is 6. The Hall–Kier alpha value is -2.15. The Morgan fingerprint density at radius 3 is 2.57 bits per heavy atom. The first-order valence-electron chi connectivity index (χ1n) is 6.73. The normalized spacial score (nSPS) is 17.1. The molecule has 0 bridgehead atoms. The smallest absolute Gasteiger partial charge is 0.311 e. The van der Waals surface area contributed by atoms with Gasteiger partial charge in [0.25, 0.3) is 0 Å². The van der Waals surface area contributed by atoms with E-state index in [2.05, 4.69) is 0 Å². The Morgan fingerprint density at radius 1 is 1.48 bits per heavy atom. The lowest BCUT2D eigenvalue weighted by Crippen LogP contribution is -2.58. The molecule has 0 saturated heterocycles. The Balaban J connectivity index is 2.27. The van der Waals surface area contributed by atoms with Crippen LogP contribution in [0.2, 0.25) is 0 Å². The monoisotopic (exact) mass is 293 g/mol. The topological polar surface area (TPSA) is 121 Å². The summed E-state index contributed by atoms with van der Waals surface area (Å²) in [4.78, 5) is 22.2. The van der Waals surface area contributed by atoms with Crippen molar-refractivity contribution in [2.75, 3.05) is 6.61 Å². The van der Waals surface area contributed by atoms with Crippen LogP contribution in [0.4, 0.5) is 5.69 Å². The Morgan fingerprint density at radius 2 is 2.10 bits per heavy atom. The van der Waals surface area contributed by atoms with Gasteiger partial charge in [-0.3, -0.25) is 14.9 Å². The van der Waals surface area contributed by atoms with E-state index < -0.39 is 16.4 Å². The lowest BCUT2D eigenvalue weighted by Gasteiger charge is -2.26. The van der Waals surface area contributed by atoms with Gasteiger partial charge in [-0.25, -0.2) is 0 Å². The number of aryl methyl sites for hydroxylation is 2. The summed E-state index contributed by atoms with van der Waals surface area (Å²) >= 11 is 0. The number of benzene rings is 1. The first-order chi connectivity index (χ1) is 9.75. The van der Waals surface area contributed by atoms with Crippen molar-refractivity contribution in [2.24, 2.45) is 17.4 Å². The summed E-state index contributed by atoms with van der Waals surface area (Å²) in [5.41, 5.74) is 11.4. The van der Waals surface area contributed by atoms with E-state index in [0.29, 0.717) is 5.56 Å². The second-order valence-electron chi connectivity index (χ2n) is 5.65. The average molecular weight is 293 g/mol. The molecule has 0 spiro atoms. The van der Waals surface area contributed by atoms with Crippen molar-refractivity contribution < 1.29 is 14.5 Å². The lowest BCUT2D eigenvalue weighted by atomic mass is 9.95. The molecule has 1 atom stereocenters. The first-order valence-corrected chi connectivity index (χ1v) is 6.73. The minimum absolute atomic E-state index is 0.0141. The van der Waals surface area contributed by atoms with Crippen LogP contribution in [0.15, 0.2) is 12.1 Å². The number of nitrogens with two attached hydrogens (primary N) is 2. The van der Waals surface area contributed by atoms with Crippen LogP contribution < -0.4 is 16.2 Å². The zero-order chi connectivity index (χ0) is 15.8. The van der Waals surface area contributed by atoms with Crippen molar-refractivity contribution >= 4 is 11.6 Å². The fraction of sp³-hybridized carbons (Fsp3) is 0.500. The van der Waals surface area contributed by atoms with Crippen molar-refractivity contribution in [3.63, 3.8) is 0 Å². The van der Waals surface area contributed by atoms with Gasteiger partial charge >= 0.3 is 5.69 Å². The van der Waals surface area contributed by atoms with E-state index in [1.54, 1.807) is 19.9 Å².